The fraction of sp³-hybridized carbons (Fsp3) is 0.947. The van der Waals surface area contributed by atoms with E-state index in [0.29, 0.717) is 23.8 Å². The van der Waals surface area contributed by atoms with Crippen LogP contribution in [-0.4, -0.2) is 42.3 Å². The quantitative estimate of drug-likeness (QED) is 0.819. The lowest BCUT2D eigenvalue weighted by Crippen LogP contribution is -2.39. The molecule has 1 fully saturated rings. The van der Waals surface area contributed by atoms with Crippen molar-refractivity contribution in [2.75, 3.05) is 19.6 Å². The molecule has 1 rings (SSSR count). The maximum atomic E-state index is 12.2. The van der Waals surface area contributed by atoms with Crippen LogP contribution in [0.3, 0.4) is 0 Å². The van der Waals surface area contributed by atoms with Crippen LogP contribution in [0.15, 0.2) is 0 Å². The summed E-state index contributed by atoms with van der Waals surface area (Å²) in [6.07, 6.45) is 3.04. The van der Waals surface area contributed by atoms with Crippen LogP contribution in [0, 0.1) is 17.8 Å². The molecular weight excluding hydrogens is 288 g/mol. The van der Waals surface area contributed by atoms with Crippen molar-refractivity contribution in [2.24, 2.45) is 17.8 Å². The van der Waals surface area contributed by atoms with Gasteiger partial charge in [0.05, 0.1) is 0 Å². The van der Waals surface area contributed by atoms with E-state index in [2.05, 4.69) is 33.0 Å². The lowest BCUT2D eigenvalue weighted by molar-refractivity contribution is 0.0256. The van der Waals surface area contributed by atoms with Gasteiger partial charge in [-0.1, -0.05) is 27.7 Å². The third kappa shape index (κ3) is 7.56. The molecular formula is C19H38N2O2. The molecule has 0 aromatic carbocycles. The fourth-order valence-corrected chi connectivity index (χ4v) is 3.35. The van der Waals surface area contributed by atoms with Gasteiger partial charge in [-0.3, -0.25) is 0 Å². The molecule has 0 radical (unpaired) electrons. The second-order valence-electron chi connectivity index (χ2n) is 8.66. The standard InChI is InChI=1S/C19H38N2O2/c1-14(2)17(15(3)4)13-20-16-9-8-11-21(12-10-16)18(22)23-19(5,6)7/h14-17,20H,8-13H2,1-7H3. The Kier molecular flexibility index (Phi) is 7.85. The van der Waals surface area contributed by atoms with Crippen molar-refractivity contribution in [3.05, 3.63) is 0 Å². The van der Waals surface area contributed by atoms with Gasteiger partial charge in [-0.2, -0.15) is 0 Å². The first-order valence-electron chi connectivity index (χ1n) is 9.31. The van der Waals surface area contributed by atoms with Crippen molar-refractivity contribution >= 4 is 6.09 Å². The molecule has 4 nitrogen and oxygen atoms in total. The molecule has 1 atom stereocenters. The number of carbonyl (C=O) groups excluding carboxylic acids is 1. The van der Waals surface area contributed by atoms with Gasteiger partial charge < -0.3 is 15.0 Å². The van der Waals surface area contributed by atoms with Gasteiger partial charge >= 0.3 is 6.09 Å². The van der Waals surface area contributed by atoms with Crippen LogP contribution in [0.2, 0.25) is 0 Å². The summed E-state index contributed by atoms with van der Waals surface area (Å²) >= 11 is 0. The van der Waals surface area contributed by atoms with Crippen LogP contribution >= 0.6 is 0 Å². The maximum Gasteiger partial charge on any atom is 0.410 e. The monoisotopic (exact) mass is 326 g/mol. The van der Waals surface area contributed by atoms with Gasteiger partial charge in [-0.05, 0) is 64.3 Å². The number of ether oxygens (including phenoxy) is 1. The van der Waals surface area contributed by atoms with Gasteiger partial charge in [0.25, 0.3) is 0 Å². The van der Waals surface area contributed by atoms with Crippen molar-refractivity contribution in [3.63, 3.8) is 0 Å². The number of hydrogen-bond acceptors (Lipinski definition) is 3. The molecule has 1 unspecified atom stereocenters. The maximum absolute atomic E-state index is 12.2. The minimum absolute atomic E-state index is 0.166. The summed E-state index contributed by atoms with van der Waals surface area (Å²) in [5.41, 5.74) is -0.414. The van der Waals surface area contributed by atoms with E-state index in [4.69, 9.17) is 4.74 Å². The zero-order chi connectivity index (χ0) is 17.6. The van der Waals surface area contributed by atoms with E-state index in [9.17, 15) is 4.79 Å². The predicted molar refractivity (Wildman–Crippen MR) is 96.6 cm³/mol. The summed E-state index contributed by atoms with van der Waals surface area (Å²) in [6.45, 7) is 17.7. The number of nitrogens with one attached hydrogen (secondary N) is 1. The third-order valence-electron chi connectivity index (χ3n) is 4.73. The lowest BCUT2D eigenvalue weighted by Gasteiger charge is -2.28. The van der Waals surface area contributed by atoms with Gasteiger partial charge in [0.1, 0.15) is 5.60 Å². The van der Waals surface area contributed by atoms with Crippen molar-refractivity contribution in [2.45, 2.75) is 79.4 Å². The van der Waals surface area contributed by atoms with Crippen molar-refractivity contribution in [1.82, 2.24) is 10.2 Å². The summed E-state index contributed by atoms with van der Waals surface area (Å²) in [5, 5.41) is 3.75. The number of likely N-dealkylation sites (tertiary alicyclic amines) is 1. The lowest BCUT2D eigenvalue weighted by atomic mass is 9.85. The van der Waals surface area contributed by atoms with Crippen LogP contribution in [0.4, 0.5) is 4.79 Å². The van der Waals surface area contributed by atoms with Crippen molar-refractivity contribution in [1.29, 1.82) is 0 Å². The molecule has 1 heterocycles. The second kappa shape index (κ2) is 8.91. The minimum Gasteiger partial charge on any atom is -0.444 e. The number of amides is 1. The molecule has 136 valence electrons. The molecule has 1 amide bonds. The van der Waals surface area contributed by atoms with E-state index in [1.54, 1.807) is 0 Å². The minimum atomic E-state index is -0.414. The molecule has 1 N–H and O–H groups in total. The molecule has 0 aromatic rings. The Bertz CT molecular complexity index is 353. The molecule has 0 aliphatic carbocycles. The topological polar surface area (TPSA) is 41.6 Å². The molecule has 1 saturated heterocycles. The Morgan fingerprint density at radius 3 is 2.26 bits per heavy atom. The smallest absolute Gasteiger partial charge is 0.410 e. The van der Waals surface area contributed by atoms with E-state index in [0.717, 1.165) is 38.9 Å². The van der Waals surface area contributed by atoms with E-state index in [1.165, 1.54) is 0 Å². The zero-order valence-electron chi connectivity index (χ0n) is 16.3. The number of hydrogen-bond donors (Lipinski definition) is 1. The highest BCUT2D eigenvalue weighted by Crippen LogP contribution is 2.21. The predicted octanol–water partition coefficient (Wildman–Crippen LogP) is 4.29. The largest absolute Gasteiger partial charge is 0.444 e. The first-order valence-corrected chi connectivity index (χ1v) is 9.31. The van der Waals surface area contributed by atoms with E-state index < -0.39 is 5.60 Å². The van der Waals surface area contributed by atoms with E-state index >= 15 is 0 Å². The first kappa shape index (κ1) is 20.3. The Labute approximate surface area is 143 Å². The Morgan fingerprint density at radius 1 is 1.13 bits per heavy atom. The summed E-state index contributed by atoms with van der Waals surface area (Å²) < 4.78 is 5.50. The Morgan fingerprint density at radius 2 is 1.74 bits per heavy atom. The molecule has 23 heavy (non-hydrogen) atoms. The number of rotatable bonds is 5. The normalized spacial score (nSPS) is 20.3. The number of carbonyl (C=O) groups is 1. The van der Waals surface area contributed by atoms with Crippen molar-refractivity contribution in [3.8, 4) is 0 Å². The van der Waals surface area contributed by atoms with Crippen LogP contribution in [0.5, 0.6) is 0 Å². The highest BCUT2D eigenvalue weighted by molar-refractivity contribution is 5.68. The third-order valence-corrected chi connectivity index (χ3v) is 4.73. The van der Waals surface area contributed by atoms with Gasteiger partial charge in [0.15, 0.2) is 0 Å². The molecule has 4 heteroatoms. The van der Waals surface area contributed by atoms with E-state index in [1.807, 2.05) is 25.7 Å². The van der Waals surface area contributed by atoms with Crippen LogP contribution in [-0.2, 0) is 4.74 Å². The zero-order valence-corrected chi connectivity index (χ0v) is 16.3. The fourth-order valence-electron chi connectivity index (χ4n) is 3.35. The molecule has 0 spiro atoms. The Hall–Kier alpha value is -0.770. The molecule has 0 saturated carbocycles. The van der Waals surface area contributed by atoms with Gasteiger partial charge in [-0.25, -0.2) is 4.79 Å². The van der Waals surface area contributed by atoms with Gasteiger partial charge in [0, 0.05) is 19.1 Å². The van der Waals surface area contributed by atoms with Crippen LogP contribution in [0.25, 0.3) is 0 Å². The Balaban J connectivity index is 2.45. The van der Waals surface area contributed by atoms with Crippen LogP contribution < -0.4 is 5.32 Å². The van der Waals surface area contributed by atoms with E-state index in [-0.39, 0.29) is 6.09 Å². The average molecular weight is 327 g/mol. The highest BCUT2D eigenvalue weighted by atomic mass is 16.6. The highest BCUT2D eigenvalue weighted by Gasteiger charge is 2.26. The summed E-state index contributed by atoms with van der Waals surface area (Å²) in [4.78, 5) is 14.1. The average Bonchev–Trinajstić information content (AvgIpc) is 2.61. The van der Waals surface area contributed by atoms with Gasteiger partial charge in [0.2, 0.25) is 0 Å². The van der Waals surface area contributed by atoms with Gasteiger partial charge in [-0.15, -0.1) is 0 Å². The molecule has 0 aromatic heterocycles. The van der Waals surface area contributed by atoms with Crippen molar-refractivity contribution < 1.29 is 9.53 Å². The first-order chi connectivity index (χ1) is 10.6. The molecule has 0 bridgehead atoms. The summed E-state index contributed by atoms with van der Waals surface area (Å²) in [5.74, 6) is 2.11. The summed E-state index contributed by atoms with van der Waals surface area (Å²) in [6, 6.07) is 0.516. The van der Waals surface area contributed by atoms with Crippen LogP contribution in [0.1, 0.15) is 67.7 Å². The molecule has 1 aliphatic heterocycles. The SMILES string of the molecule is CC(C)C(CNC1CCCN(C(=O)OC(C)(C)C)CC1)C(C)C. The molecule has 1 aliphatic rings. The summed E-state index contributed by atoms with van der Waals surface area (Å²) in [7, 11) is 0. The second-order valence-corrected chi connectivity index (χ2v) is 8.66. The number of nitrogens with zero attached hydrogens (tertiary/aromatic N) is 1.